The fourth-order valence-electron chi connectivity index (χ4n) is 5.72. The molecule has 42 heavy (non-hydrogen) atoms. The average Bonchev–Trinajstić information content (AvgIpc) is 3.41. The number of phenolic OH excluding ortho intramolecular Hbond substituents is 1. The van der Waals surface area contributed by atoms with E-state index in [1.807, 2.05) is 60.8 Å². The van der Waals surface area contributed by atoms with Crippen molar-refractivity contribution in [2.45, 2.75) is 26.2 Å². The Kier molecular flexibility index (Phi) is 6.13. The number of hydrogen-bond donors (Lipinski definition) is 1. The van der Waals surface area contributed by atoms with E-state index in [1.165, 1.54) is 5.56 Å². The Hall–Kier alpha value is -5.22. The minimum absolute atomic E-state index is 0.00290. The first-order valence-corrected chi connectivity index (χ1v) is 14.2. The van der Waals surface area contributed by atoms with Crippen LogP contribution in [0.3, 0.4) is 0 Å². The molecule has 2 aromatic heterocycles. The summed E-state index contributed by atoms with van der Waals surface area (Å²) in [6.45, 7) is 6.74. The summed E-state index contributed by atoms with van der Waals surface area (Å²) in [5.74, 6) is 1.08. The third-order valence-corrected chi connectivity index (χ3v) is 7.90. The molecule has 5 aromatic carbocycles. The molecule has 0 amide bonds. The standard InChI is InChI=1S/C38H31N3O/c1-38(2,3)28-23-26-14-11-21-39-35(26)32(24-28)25-12-9-13-27(22-25)37-40-36-31(30-17-7-8-20-34(30)42)18-10-19-33(36)41(37)29-15-5-4-6-16-29/h4-24,42H,1-3H3. The smallest absolute Gasteiger partial charge is 0.145 e. The highest BCUT2D eigenvalue weighted by Crippen LogP contribution is 2.39. The molecule has 2 heterocycles. The first kappa shape index (κ1) is 25.7. The van der Waals surface area contributed by atoms with Crippen molar-refractivity contribution in [3.05, 3.63) is 133 Å². The van der Waals surface area contributed by atoms with Crippen molar-refractivity contribution in [3.8, 4) is 45.1 Å². The number of aromatic hydroxyl groups is 1. The molecule has 0 saturated heterocycles. The molecule has 1 N–H and O–H groups in total. The van der Waals surface area contributed by atoms with Crippen molar-refractivity contribution in [1.29, 1.82) is 0 Å². The van der Waals surface area contributed by atoms with Gasteiger partial charge in [-0.05, 0) is 65.1 Å². The second kappa shape index (κ2) is 10.0. The number of benzene rings is 5. The lowest BCUT2D eigenvalue weighted by atomic mass is 9.84. The first-order valence-electron chi connectivity index (χ1n) is 14.2. The fraction of sp³-hybridized carbons (Fsp3) is 0.105. The zero-order chi connectivity index (χ0) is 28.8. The molecule has 0 saturated carbocycles. The van der Waals surface area contributed by atoms with E-state index in [2.05, 4.69) is 86.0 Å². The minimum Gasteiger partial charge on any atom is -0.507 e. The van der Waals surface area contributed by atoms with Crippen LogP contribution in [-0.2, 0) is 5.41 Å². The normalized spacial score (nSPS) is 11.8. The van der Waals surface area contributed by atoms with Gasteiger partial charge in [0.1, 0.15) is 11.6 Å². The van der Waals surface area contributed by atoms with Gasteiger partial charge in [-0.2, -0.15) is 0 Å². The molecular weight excluding hydrogens is 514 g/mol. The maximum atomic E-state index is 10.7. The monoisotopic (exact) mass is 545 g/mol. The number of aromatic nitrogens is 3. The SMILES string of the molecule is CC(C)(C)c1cc(-c2cccc(-c3nc4c(-c5ccccc5O)cccc4n3-c3ccccc3)c2)c2ncccc2c1. The predicted octanol–water partition coefficient (Wildman–Crippen LogP) is 9.58. The van der Waals surface area contributed by atoms with Crippen LogP contribution < -0.4 is 0 Å². The Morgan fingerprint density at radius 3 is 2.17 bits per heavy atom. The number of phenols is 1. The summed E-state index contributed by atoms with van der Waals surface area (Å²) in [4.78, 5) is 10.1. The number of para-hydroxylation sites is 3. The Morgan fingerprint density at radius 2 is 1.36 bits per heavy atom. The fourth-order valence-corrected chi connectivity index (χ4v) is 5.72. The van der Waals surface area contributed by atoms with Crippen LogP contribution in [0.2, 0.25) is 0 Å². The van der Waals surface area contributed by atoms with Gasteiger partial charge in [0.25, 0.3) is 0 Å². The van der Waals surface area contributed by atoms with Crippen molar-refractivity contribution in [2.24, 2.45) is 0 Å². The summed E-state index contributed by atoms with van der Waals surface area (Å²) in [7, 11) is 0. The van der Waals surface area contributed by atoms with Crippen LogP contribution >= 0.6 is 0 Å². The minimum atomic E-state index is -0.00290. The van der Waals surface area contributed by atoms with E-state index in [-0.39, 0.29) is 11.2 Å². The number of pyridine rings is 1. The van der Waals surface area contributed by atoms with Crippen molar-refractivity contribution in [3.63, 3.8) is 0 Å². The summed E-state index contributed by atoms with van der Waals surface area (Å²) < 4.78 is 2.21. The van der Waals surface area contributed by atoms with Crippen molar-refractivity contribution in [2.75, 3.05) is 0 Å². The maximum Gasteiger partial charge on any atom is 0.145 e. The van der Waals surface area contributed by atoms with Gasteiger partial charge in [0, 0.05) is 39.5 Å². The molecule has 0 spiro atoms. The third-order valence-electron chi connectivity index (χ3n) is 7.90. The molecule has 0 radical (unpaired) electrons. The van der Waals surface area contributed by atoms with E-state index in [0.29, 0.717) is 0 Å². The number of fused-ring (bicyclic) bond motifs is 2. The van der Waals surface area contributed by atoms with Crippen molar-refractivity contribution < 1.29 is 5.11 Å². The molecule has 7 rings (SSSR count). The van der Waals surface area contributed by atoms with Gasteiger partial charge in [-0.1, -0.05) is 93.6 Å². The van der Waals surface area contributed by atoms with E-state index in [4.69, 9.17) is 9.97 Å². The second-order valence-corrected chi connectivity index (χ2v) is 11.7. The van der Waals surface area contributed by atoms with Gasteiger partial charge in [-0.25, -0.2) is 4.98 Å². The molecule has 0 aliphatic heterocycles. The molecule has 7 aromatic rings. The van der Waals surface area contributed by atoms with Gasteiger partial charge in [0.2, 0.25) is 0 Å². The summed E-state index contributed by atoms with van der Waals surface area (Å²) in [5.41, 5.74) is 9.95. The lowest BCUT2D eigenvalue weighted by Crippen LogP contribution is -2.11. The van der Waals surface area contributed by atoms with Crippen LogP contribution in [-0.4, -0.2) is 19.6 Å². The van der Waals surface area contributed by atoms with E-state index in [0.717, 1.165) is 61.3 Å². The zero-order valence-corrected chi connectivity index (χ0v) is 23.9. The van der Waals surface area contributed by atoms with Gasteiger partial charge in [-0.15, -0.1) is 0 Å². The zero-order valence-electron chi connectivity index (χ0n) is 23.9. The Labute approximate surface area is 245 Å². The van der Waals surface area contributed by atoms with Crippen LogP contribution in [0.15, 0.2) is 128 Å². The molecule has 204 valence electrons. The van der Waals surface area contributed by atoms with E-state index in [1.54, 1.807) is 6.07 Å². The molecule has 0 aliphatic rings. The third kappa shape index (κ3) is 4.42. The molecule has 0 bridgehead atoms. The highest BCUT2D eigenvalue weighted by molar-refractivity contribution is 5.98. The average molecular weight is 546 g/mol. The first-order chi connectivity index (χ1) is 20.4. The van der Waals surface area contributed by atoms with Crippen LogP contribution in [0.25, 0.3) is 61.3 Å². The second-order valence-electron chi connectivity index (χ2n) is 11.7. The quantitative estimate of drug-likeness (QED) is 0.240. The summed E-state index contributed by atoms with van der Waals surface area (Å²) >= 11 is 0. The highest BCUT2D eigenvalue weighted by Gasteiger charge is 2.21. The number of imidazole rings is 1. The van der Waals surface area contributed by atoms with E-state index < -0.39 is 0 Å². The molecular formula is C38H31N3O. The molecule has 4 nitrogen and oxygen atoms in total. The summed E-state index contributed by atoms with van der Waals surface area (Å²) in [6, 6.07) is 41.2. The van der Waals surface area contributed by atoms with Gasteiger partial charge in [0.05, 0.1) is 16.6 Å². The molecule has 0 atom stereocenters. The molecule has 0 unspecified atom stereocenters. The molecule has 4 heteroatoms. The van der Waals surface area contributed by atoms with E-state index in [9.17, 15) is 5.11 Å². The number of nitrogens with zero attached hydrogens (tertiary/aromatic N) is 3. The Morgan fingerprint density at radius 1 is 0.619 bits per heavy atom. The molecule has 0 aliphatic carbocycles. The van der Waals surface area contributed by atoms with Crippen molar-refractivity contribution in [1.82, 2.24) is 14.5 Å². The highest BCUT2D eigenvalue weighted by atomic mass is 16.3. The van der Waals surface area contributed by atoms with E-state index >= 15 is 0 Å². The van der Waals surface area contributed by atoms with Crippen LogP contribution in [0.1, 0.15) is 26.3 Å². The predicted molar refractivity (Wildman–Crippen MR) is 173 cm³/mol. The Bertz CT molecular complexity index is 2080. The maximum absolute atomic E-state index is 10.7. The number of hydrogen-bond acceptors (Lipinski definition) is 3. The van der Waals surface area contributed by atoms with Gasteiger partial charge >= 0.3 is 0 Å². The van der Waals surface area contributed by atoms with Crippen LogP contribution in [0.5, 0.6) is 5.75 Å². The molecule has 0 fully saturated rings. The van der Waals surface area contributed by atoms with Crippen LogP contribution in [0, 0.1) is 0 Å². The Balaban J connectivity index is 1.49. The number of rotatable bonds is 4. The lowest BCUT2D eigenvalue weighted by Gasteiger charge is -2.21. The van der Waals surface area contributed by atoms with Gasteiger partial charge in [-0.3, -0.25) is 9.55 Å². The summed E-state index contributed by atoms with van der Waals surface area (Å²) in [6.07, 6.45) is 1.86. The van der Waals surface area contributed by atoms with Gasteiger partial charge in [0.15, 0.2) is 0 Å². The summed E-state index contributed by atoms with van der Waals surface area (Å²) in [5, 5.41) is 11.9. The van der Waals surface area contributed by atoms with Crippen LogP contribution in [0.4, 0.5) is 0 Å². The topological polar surface area (TPSA) is 50.9 Å². The van der Waals surface area contributed by atoms with Gasteiger partial charge < -0.3 is 5.11 Å². The largest absolute Gasteiger partial charge is 0.507 e. The van der Waals surface area contributed by atoms with Crippen molar-refractivity contribution >= 4 is 21.9 Å². The lowest BCUT2D eigenvalue weighted by molar-refractivity contribution is 0.477.